The highest BCUT2D eigenvalue weighted by Crippen LogP contribution is 2.47. The number of aryl methyl sites for hydroxylation is 1. The summed E-state index contributed by atoms with van der Waals surface area (Å²) in [6, 6.07) is 14.4. The Balaban J connectivity index is 2.01. The predicted octanol–water partition coefficient (Wildman–Crippen LogP) is 1.54. The Kier molecular flexibility index (Phi) is 3.20. The predicted molar refractivity (Wildman–Crippen MR) is 94.0 cm³/mol. The zero-order valence-corrected chi connectivity index (χ0v) is 13.6. The van der Waals surface area contributed by atoms with Gasteiger partial charge in [0.1, 0.15) is 6.54 Å². The molecule has 2 amide bonds. The minimum absolute atomic E-state index is 0.278. The number of aliphatic hydroxyl groups is 1. The first-order valence-electron chi connectivity index (χ1n) is 7.94. The van der Waals surface area contributed by atoms with E-state index in [1.54, 1.807) is 24.3 Å². The van der Waals surface area contributed by atoms with E-state index >= 15 is 0 Å². The maximum atomic E-state index is 13.2. The quantitative estimate of drug-likeness (QED) is 0.677. The summed E-state index contributed by atoms with van der Waals surface area (Å²) in [5, 5.41) is 12.3. The fourth-order valence-corrected chi connectivity index (χ4v) is 3.73. The van der Waals surface area contributed by atoms with E-state index in [1.807, 2.05) is 31.2 Å². The summed E-state index contributed by atoms with van der Waals surface area (Å²) in [4.78, 5) is 29.1. The molecule has 6 heteroatoms. The molecule has 2 aromatic carbocycles. The monoisotopic (exact) mass is 335 g/mol. The molecule has 0 saturated carbocycles. The molecule has 1 aliphatic heterocycles. The second-order valence-electron chi connectivity index (χ2n) is 6.26. The fourth-order valence-electron chi connectivity index (χ4n) is 3.73. The van der Waals surface area contributed by atoms with Gasteiger partial charge >= 0.3 is 0 Å². The van der Waals surface area contributed by atoms with Crippen molar-refractivity contribution in [3.8, 4) is 0 Å². The van der Waals surface area contributed by atoms with Crippen molar-refractivity contribution in [1.82, 2.24) is 4.98 Å². The maximum Gasteiger partial charge on any atom is 0.269 e. The number of carbonyl (C=O) groups excluding carboxylic acids is 2. The Hall–Kier alpha value is -3.12. The van der Waals surface area contributed by atoms with Crippen molar-refractivity contribution in [3.05, 3.63) is 65.4 Å². The fraction of sp³-hybridized carbons (Fsp3) is 0.158. The number of para-hydroxylation sites is 2. The van der Waals surface area contributed by atoms with Crippen LogP contribution in [-0.2, 0) is 15.2 Å². The van der Waals surface area contributed by atoms with Crippen LogP contribution in [-0.4, -0.2) is 28.4 Å². The van der Waals surface area contributed by atoms with E-state index in [2.05, 4.69) is 4.98 Å². The standard InChI is InChI=1S/C19H17N3O3/c1-11-17(12-6-2-4-8-14(12)21-11)19(25)13-7-3-5-9-15(13)22(18(19)24)10-16(20)23/h2-9,21,25H,10H2,1H3,(H2,20,23)/t19-/m1/s1. The zero-order chi connectivity index (χ0) is 17.8. The number of hydrogen-bond donors (Lipinski definition) is 3. The molecule has 2 heterocycles. The highest BCUT2D eigenvalue weighted by molar-refractivity contribution is 6.13. The van der Waals surface area contributed by atoms with Crippen LogP contribution < -0.4 is 10.6 Å². The summed E-state index contributed by atoms with van der Waals surface area (Å²) in [5.74, 6) is -1.21. The van der Waals surface area contributed by atoms with Gasteiger partial charge in [-0.05, 0) is 19.1 Å². The van der Waals surface area contributed by atoms with Crippen LogP contribution in [0.1, 0.15) is 16.8 Å². The van der Waals surface area contributed by atoms with Crippen LogP contribution in [0, 0.1) is 6.92 Å². The summed E-state index contributed by atoms with van der Waals surface area (Å²) >= 11 is 0. The summed E-state index contributed by atoms with van der Waals surface area (Å²) < 4.78 is 0. The van der Waals surface area contributed by atoms with Crippen molar-refractivity contribution >= 4 is 28.4 Å². The van der Waals surface area contributed by atoms with Crippen LogP contribution in [0.25, 0.3) is 10.9 Å². The lowest BCUT2D eigenvalue weighted by atomic mass is 9.85. The Morgan fingerprint density at radius 2 is 1.88 bits per heavy atom. The van der Waals surface area contributed by atoms with Crippen molar-refractivity contribution in [2.75, 3.05) is 11.4 Å². The van der Waals surface area contributed by atoms with Crippen LogP contribution >= 0.6 is 0 Å². The van der Waals surface area contributed by atoms with Crippen LogP contribution in [0.15, 0.2) is 48.5 Å². The lowest BCUT2D eigenvalue weighted by molar-refractivity contribution is -0.133. The Labute approximate surface area is 143 Å². The van der Waals surface area contributed by atoms with Crippen molar-refractivity contribution in [2.24, 2.45) is 5.73 Å². The van der Waals surface area contributed by atoms with Gasteiger partial charge in [-0.1, -0.05) is 36.4 Å². The number of H-pyrrole nitrogens is 1. The van der Waals surface area contributed by atoms with Crippen LogP contribution in [0.5, 0.6) is 0 Å². The minimum atomic E-state index is -1.87. The van der Waals surface area contributed by atoms with Crippen molar-refractivity contribution in [3.63, 3.8) is 0 Å². The topological polar surface area (TPSA) is 99.4 Å². The molecule has 6 nitrogen and oxygen atoms in total. The number of anilines is 1. The molecule has 0 radical (unpaired) electrons. The van der Waals surface area contributed by atoms with Gasteiger partial charge in [0, 0.05) is 27.7 Å². The first-order valence-corrected chi connectivity index (χ1v) is 7.94. The summed E-state index contributed by atoms with van der Waals surface area (Å²) in [7, 11) is 0. The summed E-state index contributed by atoms with van der Waals surface area (Å²) in [5.41, 5.74) is 6.43. The maximum absolute atomic E-state index is 13.2. The van der Waals surface area contributed by atoms with E-state index in [9.17, 15) is 14.7 Å². The second kappa shape index (κ2) is 5.19. The smallest absolute Gasteiger partial charge is 0.269 e. The number of aromatic nitrogens is 1. The van der Waals surface area contributed by atoms with Gasteiger partial charge in [0.05, 0.1) is 5.69 Å². The van der Waals surface area contributed by atoms with Crippen molar-refractivity contribution in [2.45, 2.75) is 12.5 Å². The molecule has 0 unspecified atom stereocenters. The molecule has 0 saturated heterocycles. The van der Waals surface area contributed by atoms with Crippen LogP contribution in [0.2, 0.25) is 0 Å². The van der Waals surface area contributed by atoms with E-state index in [4.69, 9.17) is 5.73 Å². The molecule has 0 bridgehead atoms. The molecule has 0 aliphatic carbocycles. The number of hydrogen-bond acceptors (Lipinski definition) is 3. The molecule has 126 valence electrons. The normalized spacial score (nSPS) is 19.4. The van der Waals surface area contributed by atoms with Gasteiger partial charge in [0.15, 0.2) is 5.60 Å². The minimum Gasteiger partial charge on any atom is -0.372 e. The molecule has 4 rings (SSSR count). The van der Waals surface area contributed by atoms with E-state index in [0.29, 0.717) is 22.5 Å². The van der Waals surface area contributed by atoms with E-state index in [-0.39, 0.29) is 6.54 Å². The van der Waals surface area contributed by atoms with Gasteiger partial charge in [0.2, 0.25) is 5.91 Å². The third kappa shape index (κ3) is 2.01. The Morgan fingerprint density at radius 3 is 2.64 bits per heavy atom. The van der Waals surface area contributed by atoms with E-state index in [0.717, 1.165) is 10.9 Å². The zero-order valence-electron chi connectivity index (χ0n) is 13.6. The largest absolute Gasteiger partial charge is 0.372 e. The van der Waals surface area contributed by atoms with Crippen molar-refractivity contribution in [1.29, 1.82) is 0 Å². The van der Waals surface area contributed by atoms with E-state index < -0.39 is 17.4 Å². The number of nitrogens with two attached hydrogens (primary N) is 1. The molecule has 1 atom stereocenters. The average Bonchev–Trinajstić information content (AvgIpc) is 3.03. The number of amides is 2. The number of nitrogens with zero attached hydrogens (tertiary/aromatic N) is 1. The van der Waals surface area contributed by atoms with Crippen molar-refractivity contribution < 1.29 is 14.7 Å². The van der Waals surface area contributed by atoms with Gasteiger partial charge in [-0.3, -0.25) is 14.5 Å². The highest BCUT2D eigenvalue weighted by atomic mass is 16.3. The molecule has 4 N–H and O–H groups in total. The van der Waals surface area contributed by atoms with Gasteiger partial charge in [0.25, 0.3) is 5.91 Å². The summed E-state index contributed by atoms with van der Waals surface area (Å²) in [6.07, 6.45) is 0. The molecule has 25 heavy (non-hydrogen) atoms. The van der Waals surface area contributed by atoms with Gasteiger partial charge in [-0.25, -0.2) is 0 Å². The van der Waals surface area contributed by atoms with Gasteiger partial charge in [-0.2, -0.15) is 0 Å². The Bertz CT molecular complexity index is 1020. The number of aromatic amines is 1. The first-order chi connectivity index (χ1) is 11.9. The Morgan fingerprint density at radius 1 is 1.20 bits per heavy atom. The molecule has 1 aliphatic rings. The number of rotatable bonds is 3. The SMILES string of the molecule is Cc1[nH]c2ccccc2c1[C@@]1(O)C(=O)N(CC(N)=O)c2ccccc21. The highest BCUT2D eigenvalue weighted by Gasteiger charge is 2.53. The molecular weight excluding hydrogens is 318 g/mol. The number of primary amides is 1. The van der Waals surface area contributed by atoms with Gasteiger partial charge < -0.3 is 15.8 Å². The second-order valence-corrected chi connectivity index (χ2v) is 6.26. The number of carbonyl (C=O) groups is 2. The lowest BCUT2D eigenvalue weighted by Crippen LogP contribution is -2.44. The van der Waals surface area contributed by atoms with Gasteiger partial charge in [-0.15, -0.1) is 0 Å². The third-order valence-corrected chi connectivity index (χ3v) is 4.71. The molecular formula is C19H17N3O3. The number of nitrogens with one attached hydrogen (secondary N) is 1. The lowest BCUT2D eigenvalue weighted by Gasteiger charge is -2.23. The summed E-state index contributed by atoms with van der Waals surface area (Å²) in [6.45, 7) is 1.54. The third-order valence-electron chi connectivity index (χ3n) is 4.71. The molecule has 0 fully saturated rings. The first kappa shape index (κ1) is 15.4. The van der Waals surface area contributed by atoms with Crippen LogP contribution in [0.3, 0.4) is 0 Å². The molecule has 3 aromatic rings. The number of fused-ring (bicyclic) bond motifs is 2. The average molecular weight is 335 g/mol. The molecule has 1 aromatic heterocycles. The van der Waals surface area contributed by atoms with E-state index in [1.165, 1.54) is 4.90 Å². The molecule has 0 spiro atoms. The number of benzene rings is 2. The van der Waals surface area contributed by atoms with Crippen LogP contribution in [0.4, 0.5) is 5.69 Å².